The average molecular weight is 378 g/mol. The molecule has 0 heterocycles. The molecule has 3 aromatic rings. The molecule has 0 fully saturated rings. The number of ether oxygens (including phenoxy) is 1. The third kappa shape index (κ3) is 6.10. The molecule has 0 aliphatic carbocycles. The Morgan fingerprint density at radius 3 is 1.34 bits per heavy atom. The van der Waals surface area contributed by atoms with Gasteiger partial charge in [0.15, 0.2) is 0 Å². The zero-order valence-corrected chi connectivity index (χ0v) is 17.7. The minimum absolute atomic E-state index is 0. The Morgan fingerprint density at radius 1 is 0.552 bits per heavy atom. The Morgan fingerprint density at radius 2 is 0.931 bits per heavy atom. The summed E-state index contributed by atoms with van der Waals surface area (Å²) in [5, 5.41) is 0. The summed E-state index contributed by atoms with van der Waals surface area (Å²) in [6.07, 6.45) is 7.07. The number of hydrogen-bond donors (Lipinski definition) is 0. The first kappa shape index (κ1) is 23.5. The van der Waals surface area contributed by atoms with Gasteiger partial charge in [-0.2, -0.15) is 6.42 Å². The van der Waals surface area contributed by atoms with E-state index >= 15 is 0 Å². The van der Waals surface area contributed by atoms with Crippen LogP contribution >= 0.6 is 0 Å². The van der Waals surface area contributed by atoms with Gasteiger partial charge in [-0.1, -0.05) is 117 Å². The molecule has 1 nitrogen and oxygen atoms in total. The SMILES string of the molecule is [CH2-]CCCCCCCOC(c1ccccc1)(c1ccccc1)c1ccccc1.[Li+]. The van der Waals surface area contributed by atoms with E-state index in [4.69, 9.17) is 4.74 Å². The second-order valence-corrected chi connectivity index (χ2v) is 7.25. The van der Waals surface area contributed by atoms with Gasteiger partial charge in [0.05, 0.1) is 0 Å². The van der Waals surface area contributed by atoms with Crippen LogP contribution in [0.4, 0.5) is 0 Å². The normalized spacial score (nSPS) is 11.1. The first-order valence-electron chi connectivity index (χ1n) is 10.5. The molecule has 0 aromatic heterocycles. The van der Waals surface area contributed by atoms with E-state index in [2.05, 4.69) is 97.9 Å². The summed E-state index contributed by atoms with van der Waals surface area (Å²) < 4.78 is 6.78. The third-order valence-electron chi connectivity index (χ3n) is 5.25. The van der Waals surface area contributed by atoms with Gasteiger partial charge in [0.1, 0.15) is 5.60 Å². The van der Waals surface area contributed by atoms with Crippen molar-refractivity contribution in [2.24, 2.45) is 0 Å². The molecule has 146 valence electrons. The summed E-state index contributed by atoms with van der Waals surface area (Å²) in [7, 11) is 0. The Hall–Kier alpha value is -1.78. The maximum Gasteiger partial charge on any atom is 1.00 e. The number of benzene rings is 3. The number of rotatable bonds is 11. The minimum Gasteiger partial charge on any atom is -0.361 e. The van der Waals surface area contributed by atoms with Crippen molar-refractivity contribution in [3.63, 3.8) is 0 Å². The molecule has 0 radical (unpaired) electrons. The van der Waals surface area contributed by atoms with E-state index < -0.39 is 5.60 Å². The van der Waals surface area contributed by atoms with E-state index in [0.717, 1.165) is 19.4 Å². The fourth-order valence-corrected chi connectivity index (χ4v) is 3.80. The van der Waals surface area contributed by atoms with Crippen molar-refractivity contribution in [3.8, 4) is 0 Å². The van der Waals surface area contributed by atoms with Gasteiger partial charge in [-0.25, -0.2) is 0 Å². The van der Waals surface area contributed by atoms with Gasteiger partial charge in [-0.15, -0.1) is 0 Å². The van der Waals surface area contributed by atoms with Gasteiger partial charge >= 0.3 is 18.9 Å². The summed E-state index contributed by atoms with van der Waals surface area (Å²) in [6, 6.07) is 31.8. The van der Waals surface area contributed by atoms with Crippen LogP contribution in [0.25, 0.3) is 0 Å². The fraction of sp³-hybridized carbons (Fsp3) is 0.296. The average Bonchev–Trinajstić information content (AvgIpc) is 2.78. The monoisotopic (exact) mass is 378 g/mol. The van der Waals surface area contributed by atoms with Crippen molar-refractivity contribution in [3.05, 3.63) is 115 Å². The van der Waals surface area contributed by atoms with Crippen LogP contribution in [-0.2, 0) is 10.3 Å². The van der Waals surface area contributed by atoms with Gasteiger partial charge in [-0.3, -0.25) is 0 Å². The second-order valence-electron chi connectivity index (χ2n) is 7.25. The van der Waals surface area contributed by atoms with Gasteiger partial charge in [-0.05, 0) is 23.1 Å². The Bertz CT molecular complexity index is 690. The predicted molar refractivity (Wildman–Crippen MR) is 118 cm³/mol. The molecule has 0 saturated carbocycles. The molecule has 3 rings (SSSR count). The second kappa shape index (κ2) is 12.7. The van der Waals surface area contributed by atoms with E-state index in [0.29, 0.717) is 0 Å². The molecule has 0 atom stereocenters. The molecule has 0 amide bonds. The zero-order valence-electron chi connectivity index (χ0n) is 17.7. The summed E-state index contributed by atoms with van der Waals surface area (Å²) in [6.45, 7) is 4.67. The van der Waals surface area contributed by atoms with Crippen molar-refractivity contribution in [2.75, 3.05) is 6.61 Å². The smallest absolute Gasteiger partial charge is 0.361 e. The first-order valence-corrected chi connectivity index (χ1v) is 10.5. The largest absolute Gasteiger partial charge is 1.00 e. The van der Waals surface area contributed by atoms with Crippen LogP contribution in [-0.4, -0.2) is 6.61 Å². The Balaban J connectivity index is 0.00000300. The molecule has 0 spiro atoms. The maximum absolute atomic E-state index is 6.78. The van der Waals surface area contributed by atoms with Crippen molar-refractivity contribution >= 4 is 0 Å². The summed E-state index contributed by atoms with van der Waals surface area (Å²) in [5.74, 6) is 0. The Kier molecular flexibility index (Phi) is 10.3. The van der Waals surface area contributed by atoms with Crippen LogP contribution < -0.4 is 18.9 Å². The van der Waals surface area contributed by atoms with Crippen LogP contribution in [0.1, 0.15) is 55.2 Å². The van der Waals surface area contributed by atoms with E-state index in [-0.39, 0.29) is 18.9 Å². The van der Waals surface area contributed by atoms with Gasteiger partial charge < -0.3 is 11.7 Å². The predicted octanol–water partition coefficient (Wildman–Crippen LogP) is 4.17. The van der Waals surface area contributed by atoms with Crippen LogP contribution in [0.2, 0.25) is 0 Å². The molecule has 0 N–H and O–H groups in total. The third-order valence-corrected chi connectivity index (χ3v) is 5.25. The molecule has 0 saturated heterocycles. The molecule has 3 aromatic carbocycles. The molecule has 0 aliphatic heterocycles. The Labute approximate surface area is 188 Å². The van der Waals surface area contributed by atoms with Crippen LogP contribution in [0.3, 0.4) is 0 Å². The van der Waals surface area contributed by atoms with E-state index in [1.54, 1.807) is 0 Å². The molecule has 0 bridgehead atoms. The van der Waals surface area contributed by atoms with E-state index in [9.17, 15) is 0 Å². The van der Waals surface area contributed by atoms with E-state index in [1.165, 1.54) is 42.4 Å². The van der Waals surface area contributed by atoms with E-state index in [1.807, 2.05) is 0 Å². The van der Waals surface area contributed by atoms with Crippen molar-refractivity contribution in [1.82, 2.24) is 0 Å². The van der Waals surface area contributed by atoms with Gasteiger partial charge in [0, 0.05) is 6.61 Å². The maximum atomic E-state index is 6.78. The molecule has 2 heteroatoms. The molecule has 29 heavy (non-hydrogen) atoms. The van der Waals surface area contributed by atoms with Crippen LogP contribution in [0.15, 0.2) is 91.0 Å². The molecular formula is C27H31LiO. The summed E-state index contributed by atoms with van der Waals surface area (Å²) in [4.78, 5) is 0. The van der Waals surface area contributed by atoms with Crippen LogP contribution in [0.5, 0.6) is 0 Å². The molecular weight excluding hydrogens is 347 g/mol. The van der Waals surface area contributed by atoms with Gasteiger partial charge in [0.25, 0.3) is 0 Å². The molecule has 0 aliphatic rings. The van der Waals surface area contributed by atoms with Crippen molar-refractivity contribution in [1.29, 1.82) is 0 Å². The topological polar surface area (TPSA) is 9.23 Å². The molecule has 0 unspecified atom stereocenters. The van der Waals surface area contributed by atoms with Crippen LogP contribution in [0, 0.1) is 6.92 Å². The first-order chi connectivity index (χ1) is 13.9. The van der Waals surface area contributed by atoms with Gasteiger partial charge in [0.2, 0.25) is 0 Å². The minimum atomic E-state index is -0.586. The quantitative estimate of drug-likeness (QED) is 0.211. The number of hydrogen-bond acceptors (Lipinski definition) is 1. The summed E-state index contributed by atoms with van der Waals surface area (Å²) in [5.41, 5.74) is 2.93. The fourth-order valence-electron chi connectivity index (χ4n) is 3.80. The van der Waals surface area contributed by atoms with Crippen molar-refractivity contribution in [2.45, 2.75) is 44.1 Å². The zero-order chi connectivity index (χ0) is 19.5. The standard InChI is InChI=1S/C27H31O.Li/c1-2-3-4-5-6-16-23-28-27(24-17-10-7-11-18-24,25-19-12-8-13-20-25)26-21-14-9-15-22-26;/h7-15,17-22H,1-6,16,23H2;/q-1;+1. The summed E-state index contributed by atoms with van der Waals surface area (Å²) >= 11 is 0. The van der Waals surface area contributed by atoms with Crippen molar-refractivity contribution < 1.29 is 23.6 Å². The number of unbranched alkanes of at least 4 members (excludes halogenated alkanes) is 5.